The Morgan fingerprint density at radius 1 is 1.21 bits per heavy atom. The van der Waals surface area contributed by atoms with Gasteiger partial charge < -0.3 is 27.2 Å². The molecule has 3 rings (SSSR count). The maximum Gasteiger partial charge on any atom is 0.416 e. The van der Waals surface area contributed by atoms with Crippen LogP contribution in [0.15, 0.2) is 41.3 Å². The zero-order valence-electron chi connectivity index (χ0n) is 23.0. The molecule has 0 aliphatic heterocycles. The fourth-order valence-electron chi connectivity index (χ4n) is 3.56. The first-order chi connectivity index (χ1) is 19.7. The Morgan fingerprint density at radius 3 is 2.38 bits per heavy atom. The average molecular weight is 612 g/mol. The molecular formula is C26H35F6N7O3. The Hall–Kier alpha value is -4.76. The van der Waals surface area contributed by atoms with Crippen LogP contribution in [0.3, 0.4) is 0 Å². The number of phenolic OH excluding ortho intramolecular Hbond substituents is 1. The molecule has 0 aliphatic rings. The van der Waals surface area contributed by atoms with E-state index < -0.39 is 53.7 Å². The largest absolute Gasteiger partial charge is 0.504 e. The quantitative estimate of drug-likeness (QED) is 0.0951. The van der Waals surface area contributed by atoms with E-state index in [4.69, 9.17) is 26.3 Å². The van der Waals surface area contributed by atoms with E-state index in [1.54, 1.807) is 13.8 Å². The molecule has 0 atom stereocenters. The summed E-state index contributed by atoms with van der Waals surface area (Å²) in [5.74, 6) is -3.43. The van der Waals surface area contributed by atoms with Gasteiger partial charge in [0, 0.05) is 29.4 Å². The molecule has 1 amide bonds. The van der Waals surface area contributed by atoms with Crippen molar-refractivity contribution < 1.29 is 36.9 Å². The fourth-order valence-corrected chi connectivity index (χ4v) is 3.56. The van der Waals surface area contributed by atoms with Gasteiger partial charge in [0.1, 0.15) is 12.4 Å². The lowest BCUT2D eigenvalue weighted by Crippen LogP contribution is -2.35. The van der Waals surface area contributed by atoms with E-state index in [0.717, 1.165) is 22.9 Å². The minimum absolute atomic E-state index is 0. The molecule has 234 valence electrons. The van der Waals surface area contributed by atoms with Crippen LogP contribution in [-0.2, 0) is 24.1 Å². The van der Waals surface area contributed by atoms with Gasteiger partial charge in [0.2, 0.25) is 5.91 Å². The molecule has 0 saturated carbocycles. The lowest BCUT2D eigenvalue weighted by atomic mass is 10.1. The van der Waals surface area contributed by atoms with Gasteiger partial charge in [-0.15, -0.1) is 0 Å². The number of carbonyl (C=O) groups excluding carboxylic acids is 1. The summed E-state index contributed by atoms with van der Waals surface area (Å²) in [6.07, 6.45) is -3.57. The summed E-state index contributed by atoms with van der Waals surface area (Å²) in [7, 11) is 0. The van der Waals surface area contributed by atoms with Gasteiger partial charge in [-0.3, -0.25) is 29.0 Å². The van der Waals surface area contributed by atoms with Crippen molar-refractivity contribution in [3.63, 3.8) is 0 Å². The van der Waals surface area contributed by atoms with Crippen molar-refractivity contribution in [1.29, 1.82) is 8.31 Å². The van der Waals surface area contributed by atoms with Gasteiger partial charge in [-0.1, -0.05) is 20.9 Å². The number of hydrogen-bond donors (Lipinski definition) is 6. The predicted molar refractivity (Wildman–Crippen MR) is 152 cm³/mol. The predicted octanol–water partition coefficient (Wildman–Crippen LogP) is 4.35. The first-order valence-electron chi connectivity index (χ1n) is 11.9. The van der Waals surface area contributed by atoms with Gasteiger partial charge in [0.05, 0.1) is 23.0 Å². The average Bonchev–Trinajstić information content (AvgIpc) is 2.92. The Balaban J connectivity index is 0. The normalized spacial score (nSPS) is 10.7. The summed E-state index contributed by atoms with van der Waals surface area (Å²) in [6.45, 7) is 2.42. The number of nitrogens with two attached hydrogens (primary N) is 2. The number of amidine groups is 1. The number of amides is 1. The van der Waals surface area contributed by atoms with Gasteiger partial charge in [-0.05, 0) is 38.1 Å². The third kappa shape index (κ3) is 8.87. The lowest BCUT2D eigenvalue weighted by molar-refractivity contribution is -0.137. The number of anilines is 2. The molecule has 10 nitrogen and oxygen atoms in total. The van der Waals surface area contributed by atoms with E-state index in [-0.39, 0.29) is 54.8 Å². The van der Waals surface area contributed by atoms with Crippen molar-refractivity contribution in [3.05, 3.63) is 69.4 Å². The maximum absolute atomic E-state index is 14.5. The molecule has 0 fully saturated rings. The molecule has 0 unspecified atom stereocenters. The van der Waals surface area contributed by atoms with Crippen LogP contribution in [0.1, 0.15) is 45.4 Å². The third-order valence-corrected chi connectivity index (χ3v) is 5.32. The van der Waals surface area contributed by atoms with Crippen LogP contribution in [0.5, 0.6) is 5.75 Å². The number of aromatic hydroxyl groups is 1. The highest BCUT2D eigenvalue weighted by atomic mass is 19.4. The monoisotopic (exact) mass is 611 g/mol. The smallest absolute Gasteiger partial charge is 0.416 e. The highest BCUT2D eigenvalue weighted by Crippen LogP contribution is 2.34. The Bertz CT molecular complexity index is 1470. The van der Waals surface area contributed by atoms with Crippen molar-refractivity contribution in [2.24, 2.45) is 5.73 Å². The van der Waals surface area contributed by atoms with Crippen LogP contribution < -0.4 is 27.7 Å². The first-order valence-corrected chi connectivity index (χ1v) is 11.1. The van der Waals surface area contributed by atoms with Gasteiger partial charge in [0.15, 0.2) is 17.4 Å². The number of alkyl halides is 3. The number of hydrogen-bond acceptors (Lipinski definition) is 7. The van der Waals surface area contributed by atoms with Gasteiger partial charge in [-0.2, -0.15) is 13.2 Å². The fraction of sp³-hybridized carbons (Fsp3) is 0.308. The molecule has 8 N–H and O–H groups in total. The molecule has 0 radical (unpaired) electrons. The van der Waals surface area contributed by atoms with E-state index >= 15 is 0 Å². The summed E-state index contributed by atoms with van der Waals surface area (Å²) >= 11 is 0. The van der Waals surface area contributed by atoms with Crippen LogP contribution in [-0.4, -0.2) is 35.3 Å². The molecule has 16 heteroatoms. The number of nitrogen functional groups attached to an aromatic ring is 2. The van der Waals surface area contributed by atoms with Crippen molar-refractivity contribution in [3.8, 4) is 17.0 Å². The molecule has 3 aromatic rings. The number of halogens is 6. The zero-order valence-corrected chi connectivity index (χ0v) is 21.0. The molecule has 0 spiro atoms. The summed E-state index contributed by atoms with van der Waals surface area (Å²) < 4.78 is 81.5. The van der Waals surface area contributed by atoms with E-state index in [2.05, 4.69) is 18.5 Å². The van der Waals surface area contributed by atoms with Crippen molar-refractivity contribution in [2.45, 2.75) is 54.0 Å². The Kier molecular flexibility index (Phi) is 12.8. The van der Waals surface area contributed by atoms with E-state index in [9.17, 15) is 32.3 Å². The number of rotatable bonds is 8. The molecule has 1 aromatic heterocycles. The van der Waals surface area contributed by atoms with Gasteiger partial charge in [-0.25, -0.2) is 9.37 Å². The first kappa shape index (κ1) is 35.3. The molecule has 1 heterocycles. The van der Waals surface area contributed by atoms with E-state index in [0.29, 0.717) is 0 Å². The van der Waals surface area contributed by atoms with Crippen LogP contribution in [0, 0.1) is 11.2 Å². The second-order valence-electron chi connectivity index (χ2n) is 8.65. The highest BCUT2D eigenvalue weighted by molar-refractivity contribution is 5.97. The van der Waals surface area contributed by atoms with Crippen LogP contribution >= 0.6 is 0 Å². The van der Waals surface area contributed by atoms with E-state index in [1.165, 1.54) is 18.2 Å². The van der Waals surface area contributed by atoms with Crippen molar-refractivity contribution >= 4 is 23.2 Å². The number of aromatic nitrogens is 2. The summed E-state index contributed by atoms with van der Waals surface area (Å²) in [5.41, 5.74) is 8.34. The van der Waals surface area contributed by atoms with Gasteiger partial charge >= 0.3 is 6.18 Å². The molecule has 0 saturated heterocycles. The SMILES string of the molecule is C.C.CC(C)Nc1ncc(-c2cc(N)cc(C(F)(F)F)c2)n(CC(=O)NCc2ccc(C(=N)N)c(O)c2F)c1=O.[3H]F.[3H]F. The molecular weight excluding hydrogens is 572 g/mol. The summed E-state index contributed by atoms with van der Waals surface area (Å²) in [4.78, 5) is 29.9. The summed E-state index contributed by atoms with van der Waals surface area (Å²) in [6, 6.07) is 4.93. The minimum atomic E-state index is -4.72. The number of nitrogens with one attached hydrogen (secondary N) is 3. The summed E-state index contributed by atoms with van der Waals surface area (Å²) in [5, 5.41) is 22.4. The van der Waals surface area contributed by atoms with Crippen LogP contribution in [0.4, 0.5) is 38.5 Å². The second kappa shape index (κ2) is 15.3. The van der Waals surface area contributed by atoms with Crippen LogP contribution in [0.2, 0.25) is 0 Å². The van der Waals surface area contributed by atoms with Crippen LogP contribution in [0.25, 0.3) is 11.3 Å². The number of benzene rings is 2. The Labute approximate surface area is 241 Å². The number of phenols is 1. The lowest BCUT2D eigenvalue weighted by Gasteiger charge is -2.17. The number of nitrogens with zero attached hydrogens (tertiary/aromatic N) is 2. The van der Waals surface area contributed by atoms with Gasteiger partial charge in [0.25, 0.3) is 8.46 Å². The van der Waals surface area contributed by atoms with Crippen molar-refractivity contribution in [1.82, 2.24) is 14.9 Å². The standard InChI is InChI=1S/C24H25F4N7O3.2CH4.2FH/c1-11(2)34-22-23(38)35(17(9-33-22)13-5-14(24(26,27)28)7-15(29)6-13)10-18(36)32-8-12-3-4-16(21(30)31)20(37)19(12)25;;;;/h3-7,9,11,37H,8,10,29H2,1-2H3,(H3,30,31)(H,32,36)(H,33,34);2*1H4;2*1H/i/hT2. The minimum Gasteiger partial charge on any atom is -0.504 e. The zero-order chi connectivity index (χ0) is 32.4. The Morgan fingerprint density at radius 2 is 1.83 bits per heavy atom. The molecule has 0 aliphatic carbocycles. The maximum atomic E-state index is 14.5. The molecule has 42 heavy (non-hydrogen) atoms. The molecule has 2 aromatic carbocycles. The van der Waals surface area contributed by atoms with Crippen molar-refractivity contribution in [2.75, 3.05) is 11.1 Å². The topological polar surface area (TPSA) is 172 Å². The van der Waals surface area contributed by atoms with E-state index in [1.807, 2.05) is 0 Å². The number of carbonyl (C=O) groups is 1. The second-order valence-corrected chi connectivity index (χ2v) is 8.65. The highest BCUT2D eigenvalue weighted by Gasteiger charge is 2.31. The third-order valence-electron chi connectivity index (χ3n) is 5.32. The molecule has 0 bridgehead atoms.